The normalized spacial score (nSPS) is 17.9. The monoisotopic (exact) mass is 268 g/mol. The van der Waals surface area contributed by atoms with Crippen LogP contribution in [0.1, 0.15) is 37.0 Å². The topological polar surface area (TPSA) is 71.2 Å². The van der Waals surface area contributed by atoms with Gasteiger partial charge in [-0.1, -0.05) is 11.6 Å². The first kappa shape index (κ1) is 13.1. The second-order valence-electron chi connectivity index (χ2n) is 5.07. The minimum atomic E-state index is -0.103. The summed E-state index contributed by atoms with van der Waals surface area (Å²) >= 11 is 5.98. The van der Waals surface area contributed by atoms with Crippen LogP contribution in [-0.2, 0) is 0 Å². The van der Waals surface area contributed by atoms with E-state index in [1.807, 2.05) is 4.90 Å². The van der Waals surface area contributed by atoms with Crippen molar-refractivity contribution >= 4 is 23.3 Å². The van der Waals surface area contributed by atoms with Gasteiger partial charge in [0.1, 0.15) is 0 Å². The zero-order valence-electron chi connectivity index (χ0n) is 10.5. The zero-order chi connectivity index (χ0) is 13.3. The van der Waals surface area contributed by atoms with Gasteiger partial charge in [-0.05, 0) is 32.8 Å². The first-order chi connectivity index (χ1) is 8.45. The van der Waals surface area contributed by atoms with Gasteiger partial charge in [-0.25, -0.2) is 10.8 Å². The van der Waals surface area contributed by atoms with E-state index in [1.165, 1.54) is 6.20 Å². The third-order valence-corrected chi connectivity index (χ3v) is 3.66. The number of hydrogen-bond acceptors (Lipinski definition) is 4. The number of nitrogens with one attached hydrogen (secondary N) is 1. The number of anilines is 1. The number of hydrogen-bond donors (Lipinski definition) is 2. The van der Waals surface area contributed by atoms with Crippen LogP contribution in [-0.4, -0.2) is 27.9 Å². The number of likely N-dealkylation sites (tertiary alicyclic amines) is 1. The maximum Gasteiger partial charge on any atom is 0.255 e. The summed E-state index contributed by atoms with van der Waals surface area (Å²) in [5.41, 5.74) is 2.77. The molecular formula is C12H17ClN4O. The number of halogens is 1. The molecule has 2 rings (SSSR count). The Morgan fingerprint density at radius 1 is 1.61 bits per heavy atom. The van der Waals surface area contributed by atoms with Gasteiger partial charge in [-0.2, -0.15) is 0 Å². The number of carbonyl (C=O) groups excluding carboxylic acids is 1. The number of nitrogens with zero attached hydrogens (tertiary/aromatic N) is 2. The molecule has 0 aliphatic carbocycles. The van der Waals surface area contributed by atoms with Gasteiger partial charge in [-0.15, -0.1) is 0 Å². The number of carbonyl (C=O) groups is 1. The average molecular weight is 269 g/mol. The summed E-state index contributed by atoms with van der Waals surface area (Å²) in [5.74, 6) is 5.59. The van der Waals surface area contributed by atoms with E-state index in [0.717, 1.165) is 19.4 Å². The summed E-state index contributed by atoms with van der Waals surface area (Å²) < 4.78 is 0. The lowest BCUT2D eigenvalue weighted by Crippen LogP contribution is -2.42. The highest BCUT2D eigenvalue weighted by atomic mass is 35.5. The van der Waals surface area contributed by atoms with E-state index in [1.54, 1.807) is 6.07 Å². The summed E-state index contributed by atoms with van der Waals surface area (Å²) in [4.78, 5) is 18.3. The lowest BCUT2D eigenvalue weighted by molar-refractivity contribution is 0.0651. The largest absolute Gasteiger partial charge is 0.333 e. The van der Waals surface area contributed by atoms with Crippen LogP contribution in [0, 0.1) is 0 Å². The van der Waals surface area contributed by atoms with Crippen molar-refractivity contribution in [1.29, 1.82) is 0 Å². The van der Waals surface area contributed by atoms with Crippen LogP contribution in [0.5, 0.6) is 0 Å². The van der Waals surface area contributed by atoms with E-state index in [2.05, 4.69) is 24.3 Å². The molecule has 1 fully saturated rings. The van der Waals surface area contributed by atoms with Gasteiger partial charge in [0.2, 0.25) is 0 Å². The molecule has 0 aromatic carbocycles. The van der Waals surface area contributed by atoms with Crippen LogP contribution in [0.3, 0.4) is 0 Å². The van der Waals surface area contributed by atoms with Crippen LogP contribution < -0.4 is 11.3 Å². The lowest BCUT2D eigenvalue weighted by atomic mass is 10.0. The second kappa shape index (κ2) is 4.74. The summed E-state index contributed by atoms with van der Waals surface area (Å²) in [5, 5.41) is 0.348. The fourth-order valence-corrected chi connectivity index (χ4v) is 2.52. The Bertz CT molecular complexity index is 475. The number of hydrazine groups is 1. The highest BCUT2D eigenvalue weighted by Crippen LogP contribution is 2.30. The molecule has 0 saturated carbocycles. The van der Waals surface area contributed by atoms with Gasteiger partial charge in [0.15, 0.2) is 5.82 Å². The minimum absolute atomic E-state index is 0.0320. The zero-order valence-corrected chi connectivity index (χ0v) is 11.3. The maximum atomic E-state index is 12.4. The van der Waals surface area contributed by atoms with Crippen LogP contribution in [0.15, 0.2) is 12.3 Å². The third-order valence-electron chi connectivity index (χ3n) is 3.37. The quantitative estimate of drug-likeness (QED) is 0.636. The van der Waals surface area contributed by atoms with E-state index in [0.29, 0.717) is 16.4 Å². The number of nitrogens with two attached hydrogens (primary N) is 1. The van der Waals surface area contributed by atoms with Gasteiger partial charge >= 0.3 is 0 Å². The van der Waals surface area contributed by atoms with Crippen molar-refractivity contribution in [2.45, 2.75) is 32.2 Å². The molecule has 1 amide bonds. The number of nitrogen functional groups attached to an aromatic ring is 1. The Labute approximate surface area is 111 Å². The molecule has 0 bridgehead atoms. The van der Waals surface area contributed by atoms with Crippen molar-refractivity contribution < 1.29 is 4.79 Å². The highest BCUT2D eigenvalue weighted by Gasteiger charge is 2.35. The molecule has 1 aliphatic rings. The molecule has 0 radical (unpaired) electrons. The van der Waals surface area contributed by atoms with E-state index < -0.39 is 0 Å². The number of pyridine rings is 1. The number of rotatable bonds is 2. The standard InChI is InChI=1S/C12H17ClN4O/c1-12(2)4-3-5-17(12)11(18)8-6-9(13)10(16-14)15-7-8/h6-7H,3-5,14H2,1-2H3,(H,15,16). The lowest BCUT2D eigenvalue weighted by Gasteiger charge is -2.31. The molecule has 0 spiro atoms. The smallest absolute Gasteiger partial charge is 0.255 e. The van der Waals surface area contributed by atoms with Gasteiger partial charge in [0.25, 0.3) is 5.91 Å². The van der Waals surface area contributed by atoms with Crippen LogP contribution >= 0.6 is 11.6 Å². The molecule has 1 aliphatic heterocycles. The molecule has 0 unspecified atom stereocenters. The highest BCUT2D eigenvalue weighted by molar-refractivity contribution is 6.33. The summed E-state index contributed by atoms with van der Waals surface area (Å²) in [6.07, 6.45) is 3.54. The van der Waals surface area contributed by atoms with Crippen LogP contribution in [0.2, 0.25) is 5.02 Å². The van der Waals surface area contributed by atoms with Crippen molar-refractivity contribution in [1.82, 2.24) is 9.88 Å². The molecule has 5 nitrogen and oxygen atoms in total. The van der Waals surface area contributed by atoms with Crippen LogP contribution in [0.25, 0.3) is 0 Å². The Hall–Kier alpha value is -1.33. The first-order valence-corrected chi connectivity index (χ1v) is 6.27. The van der Waals surface area contributed by atoms with Crippen LogP contribution in [0.4, 0.5) is 5.82 Å². The Morgan fingerprint density at radius 2 is 2.33 bits per heavy atom. The van der Waals surface area contributed by atoms with Crippen molar-refractivity contribution in [2.24, 2.45) is 5.84 Å². The molecule has 0 atom stereocenters. The molecule has 6 heteroatoms. The van der Waals surface area contributed by atoms with Crippen molar-refractivity contribution in [3.8, 4) is 0 Å². The molecule has 1 aromatic heterocycles. The minimum Gasteiger partial charge on any atom is -0.333 e. The SMILES string of the molecule is CC1(C)CCCN1C(=O)c1cnc(NN)c(Cl)c1. The molecule has 1 saturated heterocycles. The van der Waals surface area contributed by atoms with E-state index >= 15 is 0 Å². The van der Waals surface area contributed by atoms with Gasteiger partial charge < -0.3 is 10.3 Å². The van der Waals surface area contributed by atoms with E-state index in [9.17, 15) is 4.79 Å². The summed E-state index contributed by atoms with van der Waals surface area (Å²) in [7, 11) is 0. The Balaban J connectivity index is 2.27. The van der Waals surface area contributed by atoms with Gasteiger partial charge in [-0.3, -0.25) is 4.79 Å². The van der Waals surface area contributed by atoms with Gasteiger partial charge in [0, 0.05) is 18.3 Å². The average Bonchev–Trinajstić information content (AvgIpc) is 2.68. The predicted molar refractivity (Wildman–Crippen MR) is 71.4 cm³/mol. The summed E-state index contributed by atoms with van der Waals surface area (Å²) in [6, 6.07) is 1.60. The molecule has 98 valence electrons. The third kappa shape index (κ3) is 2.28. The second-order valence-corrected chi connectivity index (χ2v) is 5.48. The van der Waals surface area contributed by atoms with E-state index in [4.69, 9.17) is 17.4 Å². The van der Waals surface area contributed by atoms with Crippen molar-refractivity contribution in [2.75, 3.05) is 12.0 Å². The molecule has 3 N–H and O–H groups in total. The number of aromatic nitrogens is 1. The number of amides is 1. The fourth-order valence-electron chi connectivity index (χ4n) is 2.30. The molecule has 1 aromatic rings. The molecule has 2 heterocycles. The Morgan fingerprint density at radius 3 is 2.83 bits per heavy atom. The van der Waals surface area contributed by atoms with E-state index in [-0.39, 0.29) is 11.4 Å². The predicted octanol–water partition coefficient (Wildman–Crippen LogP) is 2.04. The summed E-state index contributed by atoms with van der Waals surface area (Å²) in [6.45, 7) is 4.92. The Kier molecular flexibility index (Phi) is 3.45. The maximum absolute atomic E-state index is 12.4. The van der Waals surface area contributed by atoms with Crippen molar-refractivity contribution in [3.63, 3.8) is 0 Å². The fraction of sp³-hybridized carbons (Fsp3) is 0.500. The molecular weight excluding hydrogens is 252 g/mol. The first-order valence-electron chi connectivity index (χ1n) is 5.90. The van der Waals surface area contributed by atoms with Crippen molar-refractivity contribution in [3.05, 3.63) is 22.8 Å². The molecule has 18 heavy (non-hydrogen) atoms. The van der Waals surface area contributed by atoms with Gasteiger partial charge in [0.05, 0.1) is 10.6 Å².